The summed E-state index contributed by atoms with van der Waals surface area (Å²) in [6, 6.07) is 16.1. The van der Waals surface area contributed by atoms with Gasteiger partial charge in [-0.15, -0.1) is 0 Å². The first-order valence-electron chi connectivity index (χ1n) is 11.0. The van der Waals surface area contributed by atoms with Crippen molar-refractivity contribution in [2.75, 3.05) is 25.0 Å². The predicted octanol–water partition coefficient (Wildman–Crippen LogP) is 7.63. The van der Waals surface area contributed by atoms with Gasteiger partial charge in [-0.05, 0) is 87.4 Å². The molecule has 1 N–H and O–H groups in total. The first-order chi connectivity index (χ1) is 15.0. The summed E-state index contributed by atoms with van der Waals surface area (Å²) < 4.78 is 0. The number of fused-ring (bicyclic) bond motifs is 1. The summed E-state index contributed by atoms with van der Waals surface area (Å²) >= 11 is 12.2. The third kappa shape index (κ3) is 6.96. The van der Waals surface area contributed by atoms with Crippen molar-refractivity contribution in [3.8, 4) is 0 Å². The summed E-state index contributed by atoms with van der Waals surface area (Å²) in [5.74, 6) is 0. The van der Waals surface area contributed by atoms with Crippen molar-refractivity contribution in [1.82, 2.24) is 9.88 Å². The van der Waals surface area contributed by atoms with E-state index in [4.69, 9.17) is 28.2 Å². The van der Waals surface area contributed by atoms with Crippen molar-refractivity contribution < 1.29 is 0 Å². The van der Waals surface area contributed by atoms with Crippen LogP contribution in [0.25, 0.3) is 23.1 Å². The highest BCUT2D eigenvalue weighted by Gasteiger charge is 2.10. The molecule has 0 aliphatic heterocycles. The average Bonchev–Trinajstić information content (AvgIpc) is 2.76. The molecule has 5 heteroatoms. The molecule has 0 amide bonds. The lowest BCUT2D eigenvalue weighted by atomic mass is 10.1. The number of hydrogen-bond acceptors (Lipinski definition) is 3. The fraction of sp³-hybridized carbons (Fsp3) is 0.346. The number of nitrogens with one attached hydrogen (secondary N) is 1. The zero-order valence-electron chi connectivity index (χ0n) is 18.5. The van der Waals surface area contributed by atoms with Gasteiger partial charge in [-0.3, -0.25) is 0 Å². The number of anilines is 1. The van der Waals surface area contributed by atoms with E-state index in [2.05, 4.69) is 37.1 Å². The van der Waals surface area contributed by atoms with Gasteiger partial charge in [0.25, 0.3) is 0 Å². The molecule has 1 heterocycles. The van der Waals surface area contributed by atoms with Crippen LogP contribution >= 0.6 is 23.2 Å². The number of hydrogen-bond donors (Lipinski definition) is 1. The molecule has 164 valence electrons. The van der Waals surface area contributed by atoms with E-state index in [1.54, 1.807) is 0 Å². The summed E-state index contributed by atoms with van der Waals surface area (Å²) in [5, 5.41) is 6.22. The van der Waals surface area contributed by atoms with Crippen molar-refractivity contribution >= 4 is 51.9 Å². The van der Waals surface area contributed by atoms with E-state index in [-0.39, 0.29) is 0 Å². The zero-order chi connectivity index (χ0) is 22.2. The molecule has 0 aliphatic rings. The van der Waals surface area contributed by atoms with Crippen molar-refractivity contribution in [2.24, 2.45) is 0 Å². The first-order valence-corrected chi connectivity index (χ1v) is 11.8. The standard InChI is InChI=1S/C26H31Cl2N3/c1-4-31(5-2)16-6-7-19(3)29-26-18-23(14-10-20-8-11-21(27)12-9-20)30-25-17-22(28)13-15-24(25)26/h8-15,17-19H,4-7,16H2,1-3H3,(H,29,30)/b14-10+. The van der Waals surface area contributed by atoms with Crippen molar-refractivity contribution in [2.45, 2.75) is 39.7 Å². The number of rotatable bonds is 10. The monoisotopic (exact) mass is 455 g/mol. The molecular formula is C26H31Cl2N3. The predicted molar refractivity (Wildman–Crippen MR) is 137 cm³/mol. The van der Waals surface area contributed by atoms with E-state index < -0.39 is 0 Å². The number of nitrogens with zero attached hydrogens (tertiary/aromatic N) is 2. The van der Waals surface area contributed by atoms with Crippen LogP contribution in [0.3, 0.4) is 0 Å². The third-order valence-electron chi connectivity index (χ3n) is 5.52. The SMILES string of the molecule is CCN(CC)CCCC(C)Nc1cc(/C=C/c2ccc(Cl)cc2)nc2cc(Cl)ccc12. The number of pyridine rings is 1. The lowest BCUT2D eigenvalue weighted by Gasteiger charge is -2.21. The molecule has 1 atom stereocenters. The molecule has 0 aliphatic carbocycles. The van der Waals surface area contributed by atoms with Gasteiger partial charge in [0.2, 0.25) is 0 Å². The maximum atomic E-state index is 6.25. The summed E-state index contributed by atoms with van der Waals surface area (Å²) in [6.45, 7) is 10.0. The van der Waals surface area contributed by atoms with Crippen molar-refractivity contribution in [3.63, 3.8) is 0 Å². The van der Waals surface area contributed by atoms with Gasteiger partial charge in [-0.25, -0.2) is 4.98 Å². The Morgan fingerprint density at radius 1 is 0.968 bits per heavy atom. The molecule has 0 saturated carbocycles. The summed E-state index contributed by atoms with van der Waals surface area (Å²) in [7, 11) is 0. The Bertz CT molecular complexity index is 1010. The van der Waals surface area contributed by atoms with Gasteiger partial charge in [0.05, 0.1) is 11.2 Å². The second-order valence-corrected chi connectivity index (χ2v) is 8.73. The molecule has 0 radical (unpaired) electrons. The molecular weight excluding hydrogens is 425 g/mol. The lowest BCUT2D eigenvalue weighted by Crippen LogP contribution is -2.25. The molecule has 1 aromatic heterocycles. The highest BCUT2D eigenvalue weighted by atomic mass is 35.5. The Hall–Kier alpha value is -2.07. The van der Waals surface area contributed by atoms with E-state index in [0.717, 1.165) is 58.9 Å². The Kier molecular flexibility index (Phi) is 8.77. The Morgan fingerprint density at radius 3 is 2.39 bits per heavy atom. The quantitative estimate of drug-likeness (QED) is 0.340. The van der Waals surface area contributed by atoms with E-state index in [1.165, 1.54) is 6.42 Å². The van der Waals surface area contributed by atoms with Gasteiger partial charge in [0.15, 0.2) is 0 Å². The number of aromatic nitrogens is 1. The van der Waals surface area contributed by atoms with Gasteiger partial charge < -0.3 is 10.2 Å². The lowest BCUT2D eigenvalue weighted by molar-refractivity contribution is 0.295. The van der Waals surface area contributed by atoms with E-state index >= 15 is 0 Å². The Labute approximate surface area is 196 Å². The first kappa shape index (κ1) is 23.6. The number of halogens is 2. The van der Waals surface area contributed by atoms with Crippen LogP contribution in [0.1, 0.15) is 44.9 Å². The zero-order valence-corrected chi connectivity index (χ0v) is 20.0. The van der Waals surface area contributed by atoms with Crippen LogP contribution in [0.2, 0.25) is 10.0 Å². The summed E-state index contributed by atoms with van der Waals surface area (Å²) in [5.41, 5.74) is 3.95. The smallest absolute Gasteiger partial charge is 0.0744 e. The topological polar surface area (TPSA) is 28.2 Å². The fourth-order valence-corrected chi connectivity index (χ4v) is 3.97. The van der Waals surface area contributed by atoms with Gasteiger partial charge >= 0.3 is 0 Å². The van der Waals surface area contributed by atoms with Crippen LogP contribution in [0.5, 0.6) is 0 Å². The van der Waals surface area contributed by atoms with Crippen molar-refractivity contribution in [3.05, 3.63) is 69.8 Å². The fourth-order valence-electron chi connectivity index (χ4n) is 3.68. The van der Waals surface area contributed by atoms with Crippen LogP contribution in [-0.2, 0) is 0 Å². The molecule has 0 bridgehead atoms. The maximum absolute atomic E-state index is 6.25. The van der Waals surface area contributed by atoms with Crippen LogP contribution in [0.4, 0.5) is 5.69 Å². The largest absolute Gasteiger partial charge is 0.382 e. The summed E-state index contributed by atoms with van der Waals surface area (Å²) in [4.78, 5) is 7.27. The second-order valence-electron chi connectivity index (χ2n) is 7.86. The maximum Gasteiger partial charge on any atom is 0.0744 e. The summed E-state index contributed by atoms with van der Waals surface area (Å²) in [6.07, 6.45) is 6.37. The molecule has 2 aromatic carbocycles. The minimum atomic E-state index is 0.366. The van der Waals surface area contributed by atoms with E-state index in [9.17, 15) is 0 Å². The van der Waals surface area contributed by atoms with Gasteiger partial charge in [0, 0.05) is 27.2 Å². The highest BCUT2D eigenvalue weighted by molar-refractivity contribution is 6.31. The molecule has 0 saturated heterocycles. The Morgan fingerprint density at radius 2 is 1.68 bits per heavy atom. The van der Waals surface area contributed by atoms with Crippen LogP contribution < -0.4 is 5.32 Å². The highest BCUT2D eigenvalue weighted by Crippen LogP contribution is 2.28. The molecule has 1 unspecified atom stereocenters. The molecule has 3 rings (SSSR count). The van der Waals surface area contributed by atoms with Crippen molar-refractivity contribution in [1.29, 1.82) is 0 Å². The van der Waals surface area contributed by atoms with Gasteiger partial charge in [0.1, 0.15) is 0 Å². The second kappa shape index (κ2) is 11.5. The third-order valence-corrected chi connectivity index (χ3v) is 6.00. The molecule has 0 spiro atoms. The molecule has 0 fully saturated rings. The van der Waals surface area contributed by atoms with Crippen LogP contribution in [0.15, 0.2) is 48.5 Å². The van der Waals surface area contributed by atoms with Crippen LogP contribution in [0, 0.1) is 0 Å². The molecule has 31 heavy (non-hydrogen) atoms. The van der Waals surface area contributed by atoms with E-state index in [1.807, 2.05) is 54.6 Å². The number of benzene rings is 2. The average molecular weight is 456 g/mol. The Balaban J connectivity index is 1.79. The van der Waals surface area contributed by atoms with Gasteiger partial charge in [-0.1, -0.05) is 55.3 Å². The minimum Gasteiger partial charge on any atom is -0.382 e. The molecule has 3 aromatic rings. The normalized spacial score (nSPS) is 12.7. The minimum absolute atomic E-state index is 0.366. The molecule has 3 nitrogen and oxygen atoms in total. The van der Waals surface area contributed by atoms with Gasteiger partial charge in [-0.2, -0.15) is 0 Å². The van der Waals surface area contributed by atoms with Crippen LogP contribution in [-0.4, -0.2) is 35.6 Å². The van der Waals surface area contributed by atoms with E-state index in [0.29, 0.717) is 11.1 Å².